The summed E-state index contributed by atoms with van der Waals surface area (Å²) in [4.78, 5) is 15.6. The van der Waals surface area contributed by atoms with Gasteiger partial charge >= 0.3 is 0 Å². The standard InChI is InChI=1S/C20H14ClFN4O/c21-16-8-13(5-6-17(16)22)20-15(2-1-7-24-20)12-3-4-14-10-26(11-19(23)27)25-18(14)9-12/h1-10H,11H2,(H2,23,27). The number of hydrogen-bond donors (Lipinski definition) is 1. The van der Waals surface area contributed by atoms with Crippen LogP contribution >= 0.6 is 11.6 Å². The molecule has 0 spiro atoms. The first-order chi connectivity index (χ1) is 13.0. The maximum absolute atomic E-state index is 13.5. The molecule has 2 heterocycles. The van der Waals surface area contributed by atoms with Gasteiger partial charge in [-0.1, -0.05) is 29.8 Å². The lowest BCUT2D eigenvalue weighted by atomic mass is 9.98. The predicted molar refractivity (Wildman–Crippen MR) is 103 cm³/mol. The third kappa shape index (κ3) is 3.39. The van der Waals surface area contributed by atoms with E-state index >= 15 is 0 Å². The van der Waals surface area contributed by atoms with Crippen molar-refractivity contribution >= 4 is 28.4 Å². The summed E-state index contributed by atoms with van der Waals surface area (Å²) >= 11 is 5.93. The molecular formula is C20H14ClFN4O. The van der Waals surface area contributed by atoms with Crippen molar-refractivity contribution in [3.63, 3.8) is 0 Å². The van der Waals surface area contributed by atoms with E-state index in [4.69, 9.17) is 17.3 Å². The van der Waals surface area contributed by atoms with Crippen molar-refractivity contribution in [2.24, 2.45) is 5.73 Å². The van der Waals surface area contributed by atoms with E-state index in [0.29, 0.717) is 5.69 Å². The first-order valence-electron chi connectivity index (χ1n) is 8.17. The number of fused-ring (bicyclic) bond motifs is 1. The molecule has 0 saturated carbocycles. The number of pyridine rings is 1. The number of carbonyl (C=O) groups excluding carboxylic acids is 1. The molecule has 4 aromatic rings. The lowest BCUT2D eigenvalue weighted by Gasteiger charge is -2.09. The van der Waals surface area contributed by atoms with Crippen LogP contribution in [0.25, 0.3) is 33.3 Å². The Morgan fingerprint density at radius 1 is 1.15 bits per heavy atom. The first-order valence-corrected chi connectivity index (χ1v) is 8.55. The van der Waals surface area contributed by atoms with Gasteiger partial charge in [0.15, 0.2) is 0 Å². The number of hydrogen-bond acceptors (Lipinski definition) is 3. The van der Waals surface area contributed by atoms with Gasteiger partial charge in [-0.25, -0.2) is 4.39 Å². The van der Waals surface area contributed by atoms with Crippen LogP contribution in [0.2, 0.25) is 5.02 Å². The van der Waals surface area contributed by atoms with Crippen LogP contribution in [0.1, 0.15) is 0 Å². The molecular weight excluding hydrogens is 367 g/mol. The number of halogens is 2. The van der Waals surface area contributed by atoms with Crippen LogP contribution in [0.5, 0.6) is 0 Å². The second-order valence-electron chi connectivity index (χ2n) is 6.10. The Morgan fingerprint density at radius 3 is 2.74 bits per heavy atom. The third-order valence-electron chi connectivity index (χ3n) is 4.18. The zero-order valence-corrected chi connectivity index (χ0v) is 14.8. The lowest BCUT2D eigenvalue weighted by molar-refractivity contribution is -0.118. The summed E-state index contributed by atoms with van der Waals surface area (Å²) in [7, 11) is 0. The number of nitrogens with zero attached hydrogens (tertiary/aromatic N) is 3. The predicted octanol–water partition coefficient (Wildman–Crippen LogP) is 4.04. The monoisotopic (exact) mass is 380 g/mol. The number of nitrogens with two attached hydrogens (primary N) is 1. The van der Waals surface area contributed by atoms with E-state index in [1.54, 1.807) is 24.5 Å². The average molecular weight is 381 g/mol. The van der Waals surface area contributed by atoms with Gasteiger partial charge in [-0.15, -0.1) is 0 Å². The van der Waals surface area contributed by atoms with Crippen molar-refractivity contribution < 1.29 is 9.18 Å². The van der Waals surface area contributed by atoms with E-state index in [-0.39, 0.29) is 11.6 Å². The van der Waals surface area contributed by atoms with Gasteiger partial charge in [0.05, 0.1) is 16.2 Å². The molecule has 0 unspecified atom stereocenters. The quantitative estimate of drug-likeness (QED) is 0.580. The Bertz CT molecular complexity index is 1170. The van der Waals surface area contributed by atoms with Gasteiger partial charge in [-0.3, -0.25) is 14.5 Å². The number of benzene rings is 2. The molecule has 2 aromatic carbocycles. The van der Waals surface area contributed by atoms with Crippen LogP contribution in [0.15, 0.2) is 60.9 Å². The van der Waals surface area contributed by atoms with E-state index in [0.717, 1.165) is 27.6 Å². The molecule has 0 fully saturated rings. The normalized spacial score (nSPS) is 11.0. The van der Waals surface area contributed by atoms with Gasteiger partial charge in [-0.2, -0.15) is 5.10 Å². The second kappa shape index (κ2) is 6.81. The fraction of sp³-hybridized carbons (Fsp3) is 0.0500. The van der Waals surface area contributed by atoms with Crippen molar-refractivity contribution in [2.45, 2.75) is 6.54 Å². The Labute approximate surface area is 159 Å². The minimum absolute atomic E-state index is 0.0240. The molecule has 134 valence electrons. The van der Waals surface area contributed by atoms with Crippen molar-refractivity contribution in [3.05, 3.63) is 71.8 Å². The SMILES string of the molecule is NC(=O)Cn1cc2ccc(-c3cccnc3-c3ccc(F)c(Cl)c3)cc2n1. The van der Waals surface area contributed by atoms with Gasteiger partial charge in [0.25, 0.3) is 0 Å². The number of aromatic nitrogens is 3. The maximum atomic E-state index is 13.5. The zero-order valence-electron chi connectivity index (χ0n) is 14.1. The Balaban J connectivity index is 1.81. The molecule has 0 atom stereocenters. The topological polar surface area (TPSA) is 73.8 Å². The largest absolute Gasteiger partial charge is 0.368 e. The molecule has 2 aromatic heterocycles. The molecule has 1 amide bonds. The van der Waals surface area contributed by atoms with Gasteiger partial charge in [0.2, 0.25) is 5.91 Å². The smallest absolute Gasteiger partial charge is 0.239 e. The van der Waals surface area contributed by atoms with Crippen molar-refractivity contribution in [1.29, 1.82) is 0 Å². The number of amides is 1. The summed E-state index contributed by atoms with van der Waals surface area (Å²) in [5.41, 5.74) is 9.14. The highest BCUT2D eigenvalue weighted by Crippen LogP contribution is 2.33. The van der Waals surface area contributed by atoms with Crippen LogP contribution in [-0.2, 0) is 11.3 Å². The second-order valence-corrected chi connectivity index (χ2v) is 6.50. The summed E-state index contributed by atoms with van der Waals surface area (Å²) in [6, 6.07) is 14.1. The van der Waals surface area contributed by atoms with E-state index in [2.05, 4.69) is 10.1 Å². The maximum Gasteiger partial charge on any atom is 0.239 e. The average Bonchev–Trinajstić information content (AvgIpc) is 3.04. The van der Waals surface area contributed by atoms with Gasteiger partial charge in [0, 0.05) is 28.9 Å². The van der Waals surface area contributed by atoms with Crippen LogP contribution < -0.4 is 5.73 Å². The summed E-state index contributed by atoms with van der Waals surface area (Å²) in [6.07, 6.45) is 3.45. The highest BCUT2D eigenvalue weighted by molar-refractivity contribution is 6.31. The first kappa shape index (κ1) is 17.2. The summed E-state index contributed by atoms with van der Waals surface area (Å²) < 4.78 is 15.0. The molecule has 0 aliphatic rings. The molecule has 7 heteroatoms. The number of primary amides is 1. The molecule has 4 rings (SSSR count). The summed E-state index contributed by atoms with van der Waals surface area (Å²) in [6.45, 7) is 0.0240. The summed E-state index contributed by atoms with van der Waals surface area (Å²) in [5.74, 6) is -0.926. The molecule has 0 bridgehead atoms. The highest BCUT2D eigenvalue weighted by atomic mass is 35.5. The third-order valence-corrected chi connectivity index (χ3v) is 4.47. The van der Waals surface area contributed by atoms with Crippen molar-refractivity contribution in [3.8, 4) is 22.4 Å². The van der Waals surface area contributed by atoms with Crippen LogP contribution in [-0.4, -0.2) is 20.7 Å². The van der Waals surface area contributed by atoms with Gasteiger partial charge < -0.3 is 5.73 Å². The van der Waals surface area contributed by atoms with E-state index < -0.39 is 11.7 Å². The van der Waals surface area contributed by atoms with E-state index in [1.807, 2.05) is 30.3 Å². The minimum Gasteiger partial charge on any atom is -0.368 e. The highest BCUT2D eigenvalue weighted by Gasteiger charge is 2.12. The molecule has 5 nitrogen and oxygen atoms in total. The Hall–Kier alpha value is -3.25. The minimum atomic E-state index is -0.473. The summed E-state index contributed by atoms with van der Waals surface area (Å²) in [5, 5.41) is 5.34. The Morgan fingerprint density at radius 2 is 1.96 bits per heavy atom. The molecule has 0 saturated heterocycles. The fourth-order valence-electron chi connectivity index (χ4n) is 2.99. The van der Waals surface area contributed by atoms with Crippen LogP contribution in [0, 0.1) is 5.82 Å². The number of carbonyl (C=O) groups is 1. The van der Waals surface area contributed by atoms with Crippen molar-refractivity contribution in [2.75, 3.05) is 0 Å². The van der Waals surface area contributed by atoms with Crippen LogP contribution in [0.4, 0.5) is 4.39 Å². The Kier molecular flexibility index (Phi) is 4.33. The van der Waals surface area contributed by atoms with Crippen LogP contribution in [0.3, 0.4) is 0 Å². The molecule has 2 N–H and O–H groups in total. The van der Waals surface area contributed by atoms with E-state index in [9.17, 15) is 9.18 Å². The van der Waals surface area contributed by atoms with Crippen molar-refractivity contribution in [1.82, 2.24) is 14.8 Å². The van der Waals surface area contributed by atoms with E-state index in [1.165, 1.54) is 10.7 Å². The fourth-order valence-corrected chi connectivity index (χ4v) is 3.17. The molecule has 0 aliphatic carbocycles. The lowest BCUT2D eigenvalue weighted by Crippen LogP contribution is -2.18. The van der Waals surface area contributed by atoms with Gasteiger partial charge in [0.1, 0.15) is 12.4 Å². The molecule has 27 heavy (non-hydrogen) atoms. The van der Waals surface area contributed by atoms with Gasteiger partial charge in [-0.05, 0) is 35.9 Å². The molecule has 0 radical (unpaired) electrons. The molecule has 0 aliphatic heterocycles. The number of rotatable bonds is 4. The zero-order chi connectivity index (χ0) is 19.0.